The minimum Gasteiger partial charge on any atom is -0.444 e. The standard InChI is InChI=1S/C40H77NO4S3/c1-6-8-10-12-14-16-18-20-22-24-26-28-30-47-33-36(42)35(32-41-39(44)45-40(3,4)5)38(46)37(43)34-48-31-29-27-25-23-21-19-17-15-13-11-9-7-2/h35,38,46H,6-34H2,1-5H3,(H,41,44). The van der Waals surface area contributed by atoms with Crippen molar-refractivity contribution >= 4 is 53.8 Å². The van der Waals surface area contributed by atoms with Gasteiger partial charge in [-0.1, -0.05) is 155 Å². The van der Waals surface area contributed by atoms with Crippen molar-refractivity contribution in [3.05, 3.63) is 0 Å². The van der Waals surface area contributed by atoms with Crippen molar-refractivity contribution in [2.45, 2.75) is 200 Å². The molecule has 8 heteroatoms. The Labute approximate surface area is 312 Å². The van der Waals surface area contributed by atoms with Crippen LogP contribution in [-0.2, 0) is 14.3 Å². The first-order valence-corrected chi connectivity index (χ1v) is 22.8. The molecule has 0 saturated carbocycles. The van der Waals surface area contributed by atoms with Crippen LogP contribution in [0.4, 0.5) is 4.79 Å². The zero-order valence-electron chi connectivity index (χ0n) is 32.1. The predicted octanol–water partition coefficient (Wildman–Crippen LogP) is 12.4. The Bertz CT molecular complexity index is 774. The quantitative estimate of drug-likeness (QED) is 0.0499. The average molecular weight is 732 g/mol. The molecule has 0 aromatic rings. The molecule has 284 valence electrons. The number of carbonyl (C=O) groups excluding carboxylic acids is 3. The fraction of sp³-hybridized carbons (Fsp3) is 0.925. The van der Waals surface area contributed by atoms with E-state index in [1.54, 1.807) is 44.3 Å². The van der Waals surface area contributed by atoms with Crippen molar-refractivity contribution < 1.29 is 19.1 Å². The van der Waals surface area contributed by atoms with Crippen LogP contribution in [0.5, 0.6) is 0 Å². The number of ketones is 2. The van der Waals surface area contributed by atoms with Crippen LogP contribution in [0.1, 0.15) is 189 Å². The summed E-state index contributed by atoms with van der Waals surface area (Å²) in [6.45, 7) is 10.0. The number of hydrogen-bond acceptors (Lipinski definition) is 7. The van der Waals surface area contributed by atoms with E-state index in [-0.39, 0.29) is 18.1 Å². The van der Waals surface area contributed by atoms with Gasteiger partial charge < -0.3 is 10.1 Å². The highest BCUT2D eigenvalue weighted by molar-refractivity contribution is 8.00. The molecule has 0 rings (SSSR count). The minimum atomic E-state index is -0.728. The van der Waals surface area contributed by atoms with Gasteiger partial charge in [-0.25, -0.2) is 4.79 Å². The van der Waals surface area contributed by atoms with Crippen LogP contribution in [0.3, 0.4) is 0 Å². The van der Waals surface area contributed by atoms with E-state index in [9.17, 15) is 14.4 Å². The summed E-state index contributed by atoms with van der Waals surface area (Å²) in [5.41, 5.74) is -0.631. The Morgan fingerprint density at radius 1 is 0.562 bits per heavy atom. The van der Waals surface area contributed by atoms with Gasteiger partial charge in [-0.2, -0.15) is 36.2 Å². The van der Waals surface area contributed by atoms with E-state index < -0.39 is 22.9 Å². The zero-order chi connectivity index (χ0) is 35.7. The molecule has 0 saturated heterocycles. The molecule has 0 fully saturated rings. The third kappa shape index (κ3) is 31.6. The van der Waals surface area contributed by atoms with E-state index in [2.05, 4.69) is 31.8 Å². The second kappa shape index (κ2) is 33.8. The smallest absolute Gasteiger partial charge is 0.407 e. The molecular formula is C40H77NO4S3. The van der Waals surface area contributed by atoms with Crippen LogP contribution < -0.4 is 5.32 Å². The number of amides is 1. The molecule has 0 aromatic heterocycles. The molecule has 0 spiro atoms. The maximum Gasteiger partial charge on any atom is 0.407 e. The van der Waals surface area contributed by atoms with E-state index in [1.807, 2.05) is 0 Å². The summed E-state index contributed by atoms with van der Waals surface area (Å²) in [7, 11) is 0. The summed E-state index contributed by atoms with van der Waals surface area (Å²) in [4.78, 5) is 38.7. The van der Waals surface area contributed by atoms with Gasteiger partial charge in [0.2, 0.25) is 0 Å². The molecule has 1 amide bonds. The van der Waals surface area contributed by atoms with Crippen molar-refractivity contribution in [1.82, 2.24) is 5.32 Å². The number of unbranched alkanes of at least 4 members (excludes halogenated alkanes) is 22. The molecule has 0 bridgehead atoms. The molecule has 0 heterocycles. The van der Waals surface area contributed by atoms with Gasteiger partial charge in [0.25, 0.3) is 0 Å². The number of rotatable bonds is 35. The van der Waals surface area contributed by atoms with Gasteiger partial charge in [0.15, 0.2) is 5.78 Å². The van der Waals surface area contributed by atoms with Crippen molar-refractivity contribution in [1.29, 1.82) is 0 Å². The van der Waals surface area contributed by atoms with Crippen LogP contribution in [-0.4, -0.2) is 58.1 Å². The summed E-state index contributed by atoms with van der Waals surface area (Å²) in [6, 6.07) is 0. The summed E-state index contributed by atoms with van der Waals surface area (Å²) in [5, 5.41) is 2.00. The maximum atomic E-state index is 13.3. The van der Waals surface area contributed by atoms with E-state index in [4.69, 9.17) is 4.74 Å². The molecule has 0 radical (unpaired) electrons. The third-order valence-corrected chi connectivity index (χ3v) is 11.5. The molecule has 0 aliphatic carbocycles. The number of alkyl carbamates (subject to hydrolysis) is 1. The first kappa shape index (κ1) is 47.7. The third-order valence-electron chi connectivity index (χ3n) is 8.76. The number of thioether (sulfide) groups is 2. The van der Waals surface area contributed by atoms with Gasteiger partial charge in [-0.05, 0) is 45.1 Å². The van der Waals surface area contributed by atoms with Crippen LogP contribution in [0, 0.1) is 5.92 Å². The van der Waals surface area contributed by atoms with Gasteiger partial charge in [0, 0.05) is 6.54 Å². The SMILES string of the molecule is CCCCCCCCCCCCCCSCC(=O)C(S)C(CNC(=O)OC(C)(C)C)C(=O)CSCCCCCCCCCCCCCC. The maximum absolute atomic E-state index is 13.3. The molecule has 0 aliphatic rings. The highest BCUT2D eigenvalue weighted by Crippen LogP contribution is 2.21. The number of thiol groups is 1. The topological polar surface area (TPSA) is 72.5 Å². The van der Waals surface area contributed by atoms with Crippen LogP contribution in [0.15, 0.2) is 0 Å². The number of hydrogen-bond donors (Lipinski definition) is 2. The predicted molar refractivity (Wildman–Crippen MR) is 217 cm³/mol. The number of nitrogens with one attached hydrogen (secondary N) is 1. The Kier molecular flexibility index (Phi) is 33.5. The fourth-order valence-corrected chi connectivity index (χ4v) is 8.15. The number of ether oxygens (including phenoxy) is 1. The first-order chi connectivity index (χ1) is 23.1. The van der Waals surface area contributed by atoms with Crippen LogP contribution in [0.25, 0.3) is 0 Å². The second-order valence-electron chi connectivity index (χ2n) is 14.8. The van der Waals surface area contributed by atoms with Crippen molar-refractivity contribution in [3.8, 4) is 0 Å². The minimum absolute atomic E-state index is 0.0192. The fourth-order valence-electron chi connectivity index (χ4n) is 5.76. The van der Waals surface area contributed by atoms with Gasteiger partial charge in [-0.15, -0.1) is 0 Å². The summed E-state index contributed by atoms with van der Waals surface area (Å²) in [6.07, 6.45) is 31.1. The normalized spacial score (nSPS) is 13.0. The van der Waals surface area contributed by atoms with Crippen LogP contribution in [0.2, 0.25) is 0 Å². The monoisotopic (exact) mass is 732 g/mol. The first-order valence-electron chi connectivity index (χ1n) is 20.0. The van der Waals surface area contributed by atoms with Gasteiger partial charge >= 0.3 is 6.09 Å². The molecule has 0 aromatic carbocycles. The van der Waals surface area contributed by atoms with Crippen molar-refractivity contribution in [2.24, 2.45) is 5.92 Å². The van der Waals surface area contributed by atoms with E-state index in [0.717, 1.165) is 24.3 Å². The number of Topliss-reactive ketones (excluding diaryl/α,β-unsaturated/α-hetero) is 2. The highest BCUT2D eigenvalue weighted by atomic mass is 32.2. The summed E-state index contributed by atoms with van der Waals surface area (Å²) in [5.74, 6) is 1.88. The Hall–Kier alpha value is -0.340. The molecule has 2 atom stereocenters. The van der Waals surface area contributed by atoms with Crippen molar-refractivity contribution in [3.63, 3.8) is 0 Å². The van der Waals surface area contributed by atoms with E-state index >= 15 is 0 Å². The van der Waals surface area contributed by atoms with Gasteiger partial charge in [0.1, 0.15) is 11.4 Å². The highest BCUT2D eigenvalue weighted by Gasteiger charge is 2.31. The molecule has 5 nitrogen and oxygen atoms in total. The molecule has 2 unspecified atom stereocenters. The molecule has 48 heavy (non-hydrogen) atoms. The lowest BCUT2D eigenvalue weighted by Gasteiger charge is -2.24. The largest absolute Gasteiger partial charge is 0.444 e. The van der Waals surface area contributed by atoms with Gasteiger partial charge in [-0.3, -0.25) is 9.59 Å². The lowest BCUT2D eigenvalue weighted by Crippen LogP contribution is -2.43. The second-order valence-corrected chi connectivity index (χ2v) is 17.5. The summed E-state index contributed by atoms with van der Waals surface area (Å²) < 4.78 is 5.37. The lowest BCUT2D eigenvalue weighted by atomic mass is 9.98. The Morgan fingerprint density at radius 3 is 1.25 bits per heavy atom. The number of carbonyl (C=O) groups is 3. The lowest BCUT2D eigenvalue weighted by molar-refractivity contribution is -0.124. The molecule has 1 N–H and O–H groups in total. The van der Waals surface area contributed by atoms with E-state index in [0.29, 0.717) is 11.5 Å². The van der Waals surface area contributed by atoms with Crippen LogP contribution >= 0.6 is 36.2 Å². The Morgan fingerprint density at radius 2 is 0.896 bits per heavy atom. The average Bonchev–Trinajstić information content (AvgIpc) is 3.04. The Balaban J connectivity index is 4.33. The van der Waals surface area contributed by atoms with Crippen molar-refractivity contribution in [2.75, 3.05) is 29.6 Å². The van der Waals surface area contributed by atoms with E-state index in [1.165, 1.54) is 141 Å². The molecular weight excluding hydrogens is 655 g/mol. The summed E-state index contributed by atoms with van der Waals surface area (Å²) >= 11 is 7.92. The zero-order valence-corrected chi connectivity index (χ0v) is 34.6. The molecule has 0 aliphatic heterocycles. The van der Waals surface area contributed by atoms with Gasteiger partial charge in [0.05, 0.1) is 22.7 Å².